The number of anilines is 1. The second kappa shape index (κ2) is 10.1. The summed E-state index contributed by atoms with van der Waals surface area (Å²) in [6, 6.07) is 7.09. The number of aryl methyl sites for hydroxylation is 1. The monoisotopic (exact) mass is 450 g/mol. The van der Waals surface area contributed by atoms with E-state index in [0.717, 1.165) is 24.6 Å². The van der Waals surface area contributed by atoms with Crippen molar-refractivity contribution in [2.75, 3.05) is 38.2 Å². The first-order chi connectivity index (χ1) is 14.7. The minimum Gasteiger partial charge on any atom is -0.465 e. The second-order valence-corrected chi connectivity index (χ2v) is 10.2. The normalized spacial score (nSPS) is 16.9. The third-order valence-corrected chi connectivity index (χ3v) is 7.62. The van der Waals surface area contributed by atoms with Crippen LogP contribution >= 0.6 is 0 Å². The Morgan fingerprint density at radius 1 is 1.10 bits per heavy atom. The van der Waals surface area contributed by atoms with Crippen LogP contribution in [-0.4, -0.2) is 67.5 Å². The largest absolute Gasteiger partial charge is 0.465 e. The minimum absolute atomic E-state index is 0.0418. The molecule has 1 saturated heterocycles. The van der Waals surface area contributed by atoms with Crippen LogP contribution in [0, 0.1) is 6.92 Å². The Hall–Kier alpha value is -1.94. The van der Waals surface area contributed by atoms with E-state index in [1.807, 2.05) is 46.8 Å². The maximum Gasteiger partial charge on any atom is 0.245 e. The SMILES string of the molecule is Cc1ccc(C(CNc2ccc(S(=O)(=O)N(C(C)C)C(C)C)cn2)N2CCOCC2)o1. The summed E-state index contributed by atoms with van der Waals surface area (Å²) in [5.74, 6) is 2.40. The summed E-state index contributed by atoms with van der Waals surface area (Å²) in [5, 5.41) is 3.34. The average Bonchev–Trinajstić information content (AvgIpc) is 3.14. The topological polar surface area (TPSA) is 87.9 Å². The molecule has 172 valence electrons. The van der Waals surface area contributed by atoms with Crippen molar-refractivity contribution >= 4 is 15.8 Å². The molecule has 2 aromatic rings. The van der Waals surface area contributed by atoms with Crippen molar-refractivity contribution in [1.82, 2.24) is 14.2 Å². The van der Waals surface area contributed by atoms with Gasteiger partial charge in [0, 0.05) is 37.9 Å². The van der Waals surface area contributed by atoms with E-state index in [1.54, 1.807) is 12.1 Å². The number of rotatable bonds is 9. The second-order valence-electron chi connectivity index (χ2n) is 8.40. The van der Waals surface area contributed by atoms with Crippen molar-refractivity contribution in [3.05, 3.63) is 42.0 Å². The van der Waals surface area contributed by atoms with Gasteiger partial charge in [-0.3, -0.25) is 4.90 Å². The molecule has 2 aromatic heterocycles. The Morgan fingerprint density at radius 3 is 2.29 bits per heavy atom. The summed E-state index contributed by atoms with van der Waals surface area (Å²) in [6.45, 7) is 13.1. The number of nitrogens with zero attached hydrogens (tertiary/aromatic N) is 3. The quantitative estimate of drug-likeness (QED) is 0.627. The van der Waals surface area contributed by atoms with Crippen LogP contribution in [0.5, 0.6) is 0 Å². The molecule has 0 saturated carbocycles. The Labute approximate surface area is 185 Å². The van der Waals surface area contributed by atoms with E-state index in [0.29, 0.717) is 25.6 Å². The maximum absolute atomic E-state index is 13.0. The first-order valence-electron chi connectivity index (χ1n) is 10.8. The van der Waals surface area contributed by atoms with Crippen LogP contribution in [-0.2, 0) is 14.8 Å². The van der Waals surface area contributed by atoms with Gasteiger partial charge in [0.2, 0.25) is 10.0 Å². The number of furan rings is 1. The van der Waals surface area contributed by atoms with Crippen LogP contribution in [0.1, 0.15) is 45.3 Å². The number of pyridine rings is 1. The number of nitrogens with one attached hydrogen (secondary N) is 1. The third-order valence-electron chi connectivity index (χ3n) is 5.38. The molecular weight excluding hydrogens is 416 g/mol. The lowest BCUT2D eigenvalue weighted by Crippen LogP contribution is -2.42. The molecule has 0 spiro atoms. The molecule has 9 heteroatoms. The van der Waals surface area contributed by atoms with Crippen LogP contribution in [0.4, 0.5) is 5.82 Å². The first-order valence-corrected chi connectivity index (χ1v) is 12.3. The Kier molecular flexibility index (Phi) is 7.74. The van der Waals surface area contributed by atoms with Crippen molar-refractivity contribution < 1.29 is 17.6 Å². The summed E-state index contributed by atoms with van der Waals surface area (Å²) < 4.78 is 38.9. The Morgan fingerprint density at radius 2 is 1.77 bits per heavy atom. The highest BCUT2D eigenvalue weighted by atomic mass is 32.2. The lowest BCUT2D eigenvalue weighted by Gasteiger charge is -2.33. The lowest BCUT2D eigenvalue weighted by molar-refractivity contribution is 0.0143. The van der Waals surface area contributed by atoms with Crippen LogP contribution in [0.2, 0.25) is 0 Å². The maximum atomic E-state index is 13.0. The molecule has 3 heterocycles. The van der Waals surface area contributed by atoms with Crippen molar-refractivity contribution in [3.63, 3.8) is 0 Å². The van der Waals surface area contributed by atoms with Gasteiger partial charge in [0.05, 0.1) is 19.3 Å². The molecule has 3 rings (SSSR count). The number of hydrogen-bond acceptors (Lipinski definition) is 7. The summed E-state index contributed by atoms with van der Waals surface area (Å²) in [4.78, 5) is 6.90. The lowest BCUT2D eigenvalue weighted by atomic mass is 10.1. The molecule has 0 aliphatic carbocycles. The van der Waals surface area contributed by atoms with E-state index >= 15 is 0 Å². The van der Waals surface area contributed by atoms with Gasteiger partial charge in [-0.05, 0) is 58.9 Å². The summed E-state index contributed by atoms with van der Waals surface area (Å²) in [5.41, 5.74) is 0. The van der Waals surface area contributed by atoms with Gasteiger partial charge in [-0.1, -0.05) is 0 Å². The van der Waals surface area contributed by atoms with Crippen LogP contribution < -0.4 is 5.32 Å². The van der Waals surface area contributed by atoms with Gasteiger partial charge < -0.3 is 14.5 Å². The van der Waals surface area contributed by atoms with Crippen molar-refractivity contribution in [1.29, 1.82) is 0 Å². The molecule has 31 heavy (non-hydrogen) atoms. The van der Waals surface area contributed by atoms with Gasteiger partial charge in [0.1, 0.15) is 22.2 Å². The zero-order chi connectivity index (χ0) is 22.6. The van der Waals surface area contributed by atoms with E-state index in [2.05, 4.69) is 15.2 Å². The highest BCUT2D eigenvalue weighted by molar-refractivity contribution is 7.89. The average molecular weight is 451 g/mol. The van der Waals surface area contributed by atoms with Gasteiger partial charge in [-0.15, -0.1) is 0 Å². The van der Waals surface area contributed by atoms with Crippen LogP contribution in [0.25, 0.3) is 0 Å². The number of hydrogen-bond donors (Lipinski definition) is 1. The zero-order valence-electron chi connectivity index (χ0n) is 19.0. The molecule has 1 unspecified atom stereocenters. The number of aromatic nitrogens is 1. The molecule has 1 fully saturated rings. The highest BCUT2D eigenvalue weighted by Gasteiger charge is 2.30. The fourth-order valence-electron chi connectivity index (χ4n) is 4.04. The number of morpholine rings is 1. The summed E-state index contributed by atoms with van der Waals surface area (Å²) in [6.07, 6.45) is 1.43. The predicted octanol–water partition coefficient (Wildman–Crippen LogP) is 3.28. The number of sulfonamides is 1. The number of ether oxygens (including phenoxy) is 1. The van der Waals surface area contributed by atoms with E-state index in [1.165, 1.54) is 10.5 Å². The van der Waals surface area contributed by atoms with E-state index < -0.39 is 10.0 Å². The fraction of sp³-hybridized carbons (Fsp3) is 0.591. The van der Waals surface area contributed by atoms with Gasteiger partial charge >= 0.3 is 0 Å². The smallest absolute Gasteiger partial charge is 0.245 e. The molecule has 1 atom stereocenters. The van der Waals surface area contributed by atoms with Crippen molar-refractivity contribution in [2.24, 2.45) is 0 Å². The molecule has 1 aliphatic rings. The first kappa shape index (κ1) is 23.7. The van der Waals surface area contributed by atoms with Gasteiger partial charge in [0.25, 0.3) is 0 Å². The van der Waals surface area contributed by atoms with Gasteiger partial charge in [0.15, 0.2) is 0 Å². The summed E-state index contributed by atoms with van der Waals surface area (Å²) >= 11 is 0. The van der Waals surface area contributed by atoms with Crippen LogP contribution in [0.15, 0.2) is 39.8 Å². The van der Waals surface area contributed by atoms with E-state index in [9.17, 15) is 8.42 Å². The molecule has 1 aliphatic heterocycles. The van der Waals surface area contributed by atoms with E-state index in [4.69, 9.17) is 9.15 Å². The predicted molar refractivity (Wildman–Crippen MR) is 121 cm³/mol. The summed E-state index contributed by atoms with van der Waals surface area (Å²) in [7, 11) is -3.60. The Balaban J connectivity index is 1.73. The molecule has 8 nitrogen and oxygen atoms in total. The van der Waals surface area contributed by atoms with Crippen molar-refractivity contribution in [2.45, 2.75) is 57.6 Å². The van der Waals surface area contributed by atoms with Crippen molar-refractivity contribution in [3.8, 4) is 0 Å². The molecule has 0 amide bonds. The molecule has 0 radical (unpaired) electrons. The Bertz CT molecular complexity index is 927. The van der Waals surface area contributed by atoms with E-state index in [-0.39, 0.29) is 23.0 Å². The zero-order valence-corrected chi connectivity index (χ0v) is 19.9. The van der Waals surface area contributed by atoms with Gasteiger partial charge in [-0.25, -0.2) is 13.4 Å². The van der Waals surface area contributed by atoms with Crippen LogP contribution in [0.3, 0.4) is 0 Å². The fourth-order valence-corrected chi connectivity index (χ4v) is 5.82. The minimum atomic E-state index is -3.60. The molecule has 0 bridgehead atoms. The molecule has 0 aromatic carbocycles. The third kappa shape index (κ3) is 5.65. The molecular formula is C22H34N4O4S. The standard InChI is InChI=1S/C22H34N4O4S/c1-16(2)26(17(3)4)31(27,28)19-7-9-22(23-14-19)24-15-20(21-8-6-18(5)30-21)25-10-12-29-13-11-25/h6-9,14,16-17,20H,10-13,15H2,1-5H3,(H,23,24). The molecule has 1 N–H and O–H groups in total. The van der Waals surface area contributed by atoms with Gasteiger partial charge in [-0.2, -0.15) is 4.31 Å². The highest BCUT2D eigenvalue weighted by Crippen LogP contribution is 2.25.